The van der Waals surface area contributed by atoms with Gasteiger partial charge in [-0.2, -0.15) is 5.10 Å². The third kappa shape index (κ3) is 3.43. The number of rotatable bonds is 5. The lowest BCUT2D eigenvalue weighted by Gasteiger charge is -1.91. The number of aliphatic hydroxyl groups excluding tert-OH is 1. The molecule has 7 nitrogen and oxygen atoms in total. The Morgan fingerprint density at radius 2 is 2.12 bits per heavy atom. The summed E-state index contributed by atoms with van der Waals surface area (Å²) in [6.07, 6.45) is 2.48. The van der Waals surface area contributed by atoms with Crippen molar-refractivity contribution in [2.24, 2.45) is 5.18 Å². The van der Waals surface area contributed by atoms with E-state index in [4.69, 9.17) is 10.2 Å². The van der Waals surface area contributed by atoms with Crippen LogP contribution >= 0.6 is 0 Å². The van der Waals surface area contributed by atoms with Crippen LogP contribution in [0.4, 0.5) is 5.69 Å². The Morgan fingerprint density at radius 1 is 1.50 bits per heavy atom. The van der Waals surface area contributed by atoms with Crippen LogP contribution in [0.1, 0.15) is 35.9 Å². The average Bonchev–Trinajstić information content (AvgIpc) is 2.71. The molecule has 0 spiro atoms. The molecule has 0 radical (unpaired) electrons. The standard InChI is InChI=1S/C8H11N3O3.CH4O/c1-2-3-4-5-6(11-14)7(8(12)13)10-9-5;1-2/h2-4H2,1H3,(H,9,10)(H,12,13);2H,1H3/p+1. The second-order valence-corrected chi connectivity index (χ2v) is 2.95. The van der Waals surface area contributed by atoms with E-state index in [1.165, 1.54) is 0 Å². The molecule has 0 aromatic carbocycles. The molecule has 0 saturated carbocycles. The van der Waals surface area contributed by atoms with E-state index in [1.807, 2.05) is 6.92 Å². The highest BCUT2D eigenvalue weighted by Crippen LogP contribution is 2.20. The molecule has 1 rings (SSSR count). The Balaban J connectivity index is 0.00000106. The molecule has 0 atom stereocenters. The predicted molar refractivity (Wildman–Crippen MR) is 56.5 cm³/mol. The molecule has 7 heteroatoms. The van der Waals surface area contributed by atoms with Gasteiger partial charge in [-0.3, -0.25) is 0 Å². The summed E-state index contributed by atoms with van der Waals surface area (Å²) in [5.41, 5.74) is 0.358. The Bertz CT molecular complexity index is 349. The minimum Gasteiger partial charge on any atom is -0.473 e. The number of aromatic nitrogens is 2. The molecule has 1 aromatic heterocycles. The Kier molecular flexibility index (Phi) is 6.69. The fourth-order valence-corrected chi connectivity index (χ4v) is 1.20. The number of hydrogen-bond donors (Lipinski definition) is 3. The summed E-state index contributed by atoms with van der Waals surface area (Å²) in [6.45, 7) is 2.01. The zero-order valence-corrected chi connectivity index (χ0v) is 9.28. The number of hydrogen-bond acceptors (Lipinski definition) is 4. The van der Waals surface area contributed by atoms with Crippen LogP contribution in [0, 0.1) is 4.91 Å². The third-order valence-corrected chi connectivity index (χ3v) is 1.95. The van der Waals surface area contributed by atoms with Crippen molar-refractivity contribution in [3.8, 4) is 0 Å². The van der Waals surface area contributed by atoms with Crippen molar-refractivity contribution in [1.82, 2.24) is 5.10 Å². The SMILES string of the molecule is CCCCc1[nH][nH+]c(C(=O)O)c1N=O.CO. The number of carbonyl (C=O) groups is 1. The van der Waals surface area contributed by atoms with Crippen molar-refractivity contribution >= 4 is 11.7 Å². The number of carboxylic acids is 1. The molecule has 1 aromatic rings. The summed E-state index contributed by atoms with van der Waals surface area (Å²) in [7, 11) is 1.00. The van der Waals surface area contributed by atoms with Gasteiger partial charge in [0.1, 0.15) is 5.69 Å². The van der Waals surface area contributed by atoms with Gasteiger partial charge in [0.15, 0.2) is 0 Å². The summed E-state index contributed by atoms with van der Waals surface area (Å²) in [4.78, 5) is 21.0. The van der Waals surface area contributed by atoms with Crippen LogP contribution in [0.5, 0.6) is 0 Å². The number of unbranched alkanes of at least 4 members (excludes halogenated alkanes) is 1. The van der Waals surface area contributed by atoms with Crippen LogP contribution in [0.2, 0.25) is 0 Å². The first-order chi connectivity index (χ1) is 7.70. The lowest BCUT2D eigenvalue weighted by molar-refractivity contribution is -0.453. The first kappa shape index (κ1) is 14.2. The summed E-state index contributed by atoms with van der Waals surface area (Å²) >= 11 is 0. The first-order valence-corrected chi connectivity index (χ1v) is 4.84. The number of H-pyrrole nitrogens is 2. The number of carboxylic acid groups (broad SMARTS) is 1. The van der Waals surface area contributed by atoms with E-state index in [-0.39, 0.29) is 11.4 Å². The normalized spacial score (nSPS) is 9.19. The van der Waals surface area contributed by atoms with E-state index in [1.54, 1.807) is 0 Å². The van der Waals surface area contributed by atoms with Crippen LogP contribution in [0.25, 0.3) is 0 Å². The molecule has 0 bridgehead atoms. The maximum absolute atomic E-state index is 10.6. The molecule has 0 unspecified atom stereocenters. The molecule has 0 aliphatic carbocycles. The predicted octanol–water partition coefficient (Wildman–Crippen LogP) is 0.876. The highest BCUT2D eigenvalue weighted by Gasteiger charge is 2.25. The number of nitrogens with one attached hydrogen (secondary N) is 2. The van der Waals surface area contributed by atoms with Crippen molar-refractivity contribution in [2.45, 2.75) is 26.2 Å². The second-order valence-electron chi connectivity index (χ2n) is 2.95. The van der Waals surface area contributed by atoms with Crippen LogP contribution in [0.3, 0.4) is 0 Å². The minimum absolute atomic E-state index is 0.0223. The monoisotopic (exact) mass is 230 g/mol. The quantitative estimate of drug-likeness (QED) is 0.650. The van der Waals surface area contributed by atoms with Crippen molar-refractivity contribution < 1.29 is 20.1 Å². The molecule has 16 heavy (non-hydrogen) atoms. The zero-order chi connectivity index (χ0) is 12.6. The Hall–Kier alpha value is -1.76. The van der Waals surface area contributed by atoms with E-state index in [0.717, 1.165) is 20.0 Å². The van der Waals surface area contributed by atoms with Crippen LogP contribution in [0.15, 0.2) is 5.18 Å². The van der Waals surface area contributed by atoms with Gasteiger partial charge in [0.05, 0.1) is 0 Å². The van der Waals surface area contributed by atoms with E-state index in [0.29, 0.717) is 12.1 Å². The lowest BCUT2D eigenvalue weighted by Crippen LogP contribution is -2.14. The van der Waals surface area contributed by atoms with E-state index in [2.05, 4.69) is 15.4 Å². The van der Waals surface area contributed by atoms with Gasteiger partial charge in [-0.25, -0.2) is 4.79 Å². The van der Waals surface area contributed by atoms with Gasteiger partial charge < -0.3 is 10.2 Å². The van der Waals surface area contributed by atoms with Gasteiger partial charge in [0.25, 0.3) is 0 Å². The number of nitroso groups, excluding NO2 is 1. The largest absolute Gasteiger partial charge is 0.473 e. The number of nitrogens with zero attached hydrogens (tertiary/aromatic N) is 1. The Morgan fingerprint density at radius 3 is 2.56 bits per heavy atom. The van der Waals surface area contributed by atoms with E-state index < -0.39 is 5.97 Å². The molecule has 0 aliphatic rings. The second kappa shape index (κ2) is 7.52. The van der Waals surface area contributed by atoms with Crippen molar-refractivity contribution in [3.63, 3.8) is 0 Å². The van der Waals surface area contributed by atoms with E-state index in [9.17, 15) is 9.70 Å². The summed E-state index contributed by atoms with van der Waals surface area (Å²) in [5, 5.41) is 23.5. The highest BCUT2D eigenvalue weighted by atomic mass is 16.4. The molecule has 0 fully saturated rings. The molecule has 4 N–H and O–H groups in total. The van der Waals surface area contributed by atoms with Crippen LogP contribution < -0.4 is 5.10 Å². The highest BCUT2D eigenvalue weighted by molar-refractivity contribution is 5.89. The number of aromatic carboxylic acids is 1. The van der Waals surface area contributed by atoms with Crippen molar-refractivity contribution in [2.75, 3.05) is 7.11 Å². The summed E-state index contributed by atoms with van der Waals surface area (Å²) in [5.74, 6) is -1.18. The smallest absolute Gasteiger partial charge is 0.406 e. The molecule has 1 heterocycles. The van der Waals surface area contributed by atoms with Gasteiger partial charge in [0, 0.05) is 7.11 Å². The van der Waals surface area contributed by atoms with Crippen molar-refractivity contribution in [3.05, 3.63) is 16.3 Å². The number of aromatic amines is 2. The van der Waals surface area contributed by atoms with E-state index >= 15 is 0 Å². The fraction of sp³-hybridized carbons (Fsp3) is 0.556. The van der Waals surface area contributed by atoms with Crippen LogP contribution in [-0.4, -0.2) is 28.4 Å². The molecule has 0 aliphatic heterocycles. The summed E-state index contributed by atoms with van der Waals surface area (Å²) in [6, 6.07) is 0. The Labute approximate surface area is 92.5 Å². The summed E-state index contributed by atoms with van der Waals surface area (Å²) < 4.78 is 0. The number of aliphatic hydroxyl groups is 1. The van der Waals surface area contributed by atoms with Crippen LogP contribution in [-0.2, 0) is 6.42 Å². The van der Waals surface area contributed by atoms with Gasteiger partial charge >= 0.3 is 11.7 Å². The molecular weight excluding hydrogens is 214 g/mol. The maximum Gasteiger partial charge on any atom is 0.406 e. The number of aryl methyl sites for hydroxylation is 1. The van der Waals surface area contributed by atoms with Gasteiger partial charge in [-0.1, -0.05) is 13.3 Å². The average molecular weight is 230 g/mol. The van der Waals surface area contributed by atoms with Gasteiger partial charge in [-0.05, 0) is 18.0 Å². The molecule has 0 amide bonds. The van der Waals surface area contributed by atoms with Crippen molar-refractivity contribution in [1.29, 1.82) is 0 Å². The third-order valence-electron chi connectivity index (χ3n) is 1.95. The molecular formula is C9H16N3O4+. The molecule has 0 saturated heterocycles. The minimum atomic E-state index is -1.18. The topological polar surface area (TPSA) is 117 Å². The van der Waals surface area contributed by atoms with Gasteiger partial charge in [0.2, 0.25) is 5.69 Å². The fourth-order valence-electron chi connectivity index (χ4n) is 1.20. The molecule has 90 valence electrons. The lowest BCUT2D eigenvalue weighted by atomic mass is 10.1. The van der Waals surface area contributed by atoms with Gasteiger partial charge in [-0.15, -0.1) is 10.0 Å². The maximum atomic E-state index is 10.6. The first-order valence-electron chi connectivity index (χ1n) is 4.84. The zero-order valence-electron chi connectivity index (χ0n) is 9.28.